The zero-order chi connectivity index (χ0) is 8.39. The molecule has 0 amide bonds. The summed E-state index contributed by atoms with van der Waals surface area (Å²) >= 11 is 0. The molecule has 66 valence electrons. The quantitative estimate of drug-likeness (QED) is 0.666. The lowest BCUT2D eigenvalue weighted by molar-refractivity contribution is 0.506. The topological polar surface area (TPSA) is 30.7 Å². The average molecular weight is 165 g/mol. The standard InChI is InChI=1S/C9H15N3/c1-2-5-8-10-11-9-6-3-4-7-12(8)9/h2-7H2,1H3. The van der Waals surface area contributed by atoms with Crippen LogP contribution in [-0.4, -0.2) is 14.8 Å². The Morgan fingerprint density at radius 2 is 2.25 bits per heavy atom. The zero-order valence-electron chi connectivity index (χ0n) is 7.58. The highest BCUT2D eigenvalue weighted by molar-refractivity contribution is 4.98. The van der Waals surface area contributed by atoms with Crippen molar-refractivity contribution in [2.75, 3.05) is 0 Å². The van der Waals surface area contributed by atoms with Crippen molar-refractivity contribution >= 4 is 0 Å². The average Bonchev–Trinajstić information content (AvgIpc) is 2.50. The number of nitrogens with zero attached hydrogens (tertiary/aromatic N) is 3. The maximum atomic E-state index is 4.20. The minimum absolute atomic E-state index is 1.08. The van der Waals surface area contributed by atoms with Crippen LogP contribution in [-0.2, 0) is 19.4 Å². The maximum absolute atomic E-state index is 4.20. The molecule has 0 saturated carbocycles. The molecule has 0 unspecified atom stereocenters. The number of hydrogen-bond acceptors (Lipinski definition) is 2. The highest BCUT2D eigenvalue weighted by Gasteiger charge is 2.14. The molecule has 12 heavy (non-hydrogen) atoms. The maximum Gasteiger partial charge on any atom is 0.132 e. The smallest absolute Gasteiger partial charge is 0.132 e. The molecule has 1 aliphatic rings. The van der Waals surface area contributed by atoms with E-state index in [-0.39, 0.29) is 0 Å². The van der Waals surface area contributed by atoms with E-state index >= 15 is 0 Å². The van der Waals surface area contributed by atoms with Gasteiger partial charge >= 0.3 is 0 Å². The molecule has 3 heteroatoms. The van der Waals surface area contributed by atoms with Crippen LogP contribution in [0, 0.1) is 0 Å². The Labute approximate surface area is 72.8 Å². The first kappa shape index (κ1) is 7.77. The lowest BCUT2D eigenvalue weighted by Gasteiger charge is -2.14. The van der Waals surface area contributed by atoms with E-state index in [9.17, 15) is 0 Å². The number of aromatic nitrogens is 3. The van der Waals surface area contributed by atoms with Crippen LogP contribution < -0.4 is 0 Å². The van der Waals surface area contributed by atoms with Gasteiger partial charge in [-0.3, -0.25) is 0 Å². The van der Waals surface area contributed by atoms with E-state index in [4.69, 9.17) is 0 Å². The molecule has 0 aromatic carbocycles. The second-order valence-electron chi connectivity index (χ2n) is 3.39. The van der Waals surface area contributed by atoms with Crippen LogP contribution >= 0.6 is 0 Å². The highest BCUT2D eigenvalue weighted by Crippen LogP contribution is 2.14. The predicted octanol–water partition coefficient (Wildman–Crippen LogP) is 1.57. The molecule has 1 aliphatic heterocycles. The van der Waals surface area contributed by atoms with Gasteiger partial charge in [0.05, 0.1) is 0 Å². The molecule has 1 aromatic rings. The van der Waals surface area contributed by atoms with E-state index in [0.717, 1.165) is 25.8 Å². The van der Waals surface area contributed by atoms with E-state index in [1.54, 1.807) is 0 Å². The summed E-state index contributed by atoms with van der Waals surface area (Å²) in [6.45, 7) is 3.32. The fourth-order valence-corrected chi connectivity index (χ4v) is 1.78. The van der Waals surface area contributed by atoms with Gasteiger partial charge in [-0.1, -0.05) is 6.92 Å². The van der Waals surface area contributed by atoms with Crippen molar-refractivity contribution in [3.05, 3.63) is 11.6 Å². The van der Waals surface area contributed by atoms with E-state index in [1.165, 1.54) is 24.5 Å². The van der Waals surface area contributed by atoms with Gasteiger partial charge in [0.15, 0.2) is 0 Å². The van der Waals surface area contributed by atoms with Gasteiger partial charge in [-0.15, -0.1) is 10.2 Å². The molecule has 0 radical (unpaired) electrons. The minimum atomic E-state index is 1.08. The van der Waals surface area contributed by atoms with Crippen LogP contribution in [0.1, 0.15) is 37.8 Å². The van der Waals surface area contributed by atoms with Crippen LogP contribution in [0.25, 0.3) is 0 Å². The Morgan fingerprint density at radius 1 is 1.33 bits per heavy atom. The van der Waals surface area contributed by atoms with Gasteiger partial charge in [0.2, 0.25) is 0 Å². The third-order valence-electron chi connectivity index (χ3n) is 2.41. The zero-order valence-corrected chi connectivity index (χ0v) is 7.58. The largest absolute Gasteiger partial charge is 0.315 e. The third kappa shape index (κ3) is 1.24. The summed E-state index contributed by atoms with van der Waals surface area (Å²) in [5.41, 5.74) is 0. The first-order valence-corrected chi connectivity index (χ1v) is 4.82. The van der Waals surface area contributed by atoms with Gasteiger partial charge in [-0.2, -0.15) is 0 Å². The summed E-state index contributed by atoms with van der Waals surface area (Å²) in [5.74, 6) is 2.39. The second kappa shape index (κ2) is 3.25. The van der Waals surface area contributed by atoms with Crippen LogP contribution in [0.5, 0.6) is 0 Å². The Kier molecular flexibility index (Phi) is 2.11. The number of rotatable bonds is 2. The molecule has 0 saturated heterocycles. The Hall–Kier alpha value is -0.860. The second-order valence-corrected chi connectivity index (χ2v) is 3.39. The highest BCUT2D eigenvalue weighted by atomic mass is 15.3. The van der Waals surface area contributed by atoms with Gasteiger partial charge in [-0.25, -0.2) is 0 Å². The van der Waals surface area contributed by atoms with Crippen molar-refractivity contribution < 1.29 is 0 Å². The Balaban J connectivity index is 2.25. The summed E-state index contributed by atoms with van der Waals surface area (Å²) in [7, 11) is 0. The van der Waals surface area contributed by atoms with Gasteiger partial charge < -0.3 is 4.57 Å². The monoisotopic (exact) mass is 165 g/mol. The lowest BCUT2D eigenvalue weighted by Crippen LogP contribution is -2.12. The molecule has 2 rings (SSSR count). The SMILES string of the molecule is CCCc1nnc2n1CCCC2. The molecule has 0 aliphatic carbocycles. The molecular formula is C9H15N3. The van der Waals surface area contributed by atoms with E-state index < -0.39 is 0 Å². The van der Waals surface area contributed by atoms with Crippen molar-refractivity contribution in [3.8, 4) is 0 Å². The van der Waals surface area contributed by atoms with Crippen LogP contribution in [0.2, 0.25) is 0 Å². The number of aryl methyl sites for hydroxylation is 2. The van der Waals surface area contributed by atoms with Gasteiger partial charge in [0.1, 0.15) is 11.6 Å². The van der Waals surface area contributed by atoms with E-state index in [1.807, 2.05) is 0 Å². The predicted molar refractivity (Wildman–Crippen MR) is 47.0 cm³/mol. The molecule has 0 atom stereocenters. The molecule has 0 fully saturated rings. The molecule has 0 spiro atoms. The van der Waals surface area contributed by atoms with Crippen LogP contribution in [0.4, 0.5) is 0 Å². The molecule has 0 N–H and O–H groups in total. The number of fused-ring (bicyclic) bond motifs is 1. The molecular weight excluding hydrogens is 150 g/mol. The summed E-state index contributed by atoms with van der Waals surface area (Å²) in [4.78, 5) is 0. The normalized spacial score (nSPS) is 16.1. The third-order valence-corrected chi connectivity index (χ3v) is 2.41. The van der Waals surface area contributed by atoms with Gasteiger partial charge in [0, 0.05) is 19.4 Å². The summed E-state index contributed by atoms with van der Waals surface area (Å²) in [6, 6.07) is 0. The molecule has 2 heterocycles. The van der Waals surface area contributed by atoms with E-state index in [0.29, 0.717) is 0 Å². The van der Waals surface area contributed by atoms with Crippen molar-refractivity contribution in [3.63, 3.8) is 0 Å². The molecule has 1 aromatic heterocycles. The van der Waals surface area contributed by atoms with Crippen LogP contribution in [0.3, 0.4) is 0 Å². The van der Waals surface area contributed by atoms with Crippen molar-refractivity contribution in [2.24, 2.45) is 0 Å². The van der Waals surface area contributed by atoms with Crippen molar-refractivity contribution in [1.82, 2.24) is 14.8 Å². The lowest BCUT2D eigenvalue weighted by atomic mass is 10.1. The summed E-state index contributed by atoms with van der Waals surface area (Å²) < 4.78 is 2.30. The van der Waals surface area contributed by atoms with Crippen molar-refractivity contribution in [1.29, 1.82) is 0 Å². The van der Waals surface area contributed by atoms with E-state index in [2.05, 4.69) is 21.7 Å². The van der Waals surface area contributed by atoms with Gasteiger partial charge in [-0.05, 0) is 19.3 Å². The fourth-order valence-electron chi connectivity index (χ4n) is 1.78. The summed E-state index contributed by atoms with van der Waals surface area (Å²) in [5, 5.41) is 8.39. The Bertz CT molecular complexity index is 265. The first-order chi connectivity index (χ1) is 5.92. The minimum Gasteiger partial charge on any atom is -0.315 e. The first-order valence-electron chi connectivity index (χ1n) is 4.82. The Morgan fingerprint density at radius 3 is 3.08 bits per heavy atom. The van der Waals surface area contributed by atoms with Crippen LogP contribution in [0.15, 0.2) is 0 Å². The number of hydrogen-bond donors (Lipinski definition) is 0. The summed E-state index contributed by atoms with van der Waals surface area (Å²) in [6.07, 6.45) is 5.94. The fraction of sp³-hybridized carbons (Fsp3) is 0.778. The molecule has 0 bridgehead atoms. The molecule has 3 nitrogen and oxygen atoms in total. The van der Waals surface area contributed by atoms with Crippen molar-refractivity contribution in [2.45, 2.75) is 45.6 Å². The van der Waals surface area contributed by atoms with Gasteiger partial charge in [0.25, 0.3) is 0 Å².